The van der Waals surface area contributed by atoms with Gasteiger partial charge in [0.15, 0.2) is 0 Å². The minimum Gasteiger partial charge on any atom is -0.444 e. The summed E-state index contributed by atoms with van der Waals surface area (Å²) in [4.78, 5) is 12.0. The summed E-state index contributed by atoms with van der Waals surface area (Å²) in [5.41, 5.74) is -0.542. The Morgan fingerprint density at radius 1 is 1.63 bits per heavy atom. The summed E-state index contributed by atoms with van der Waals surface area (Å²) in [6, 6.07) is -0.352. The highest BCUT2D eigenvalue weighted by Gasteiger charge is 2.23. The number of thioether (sulfide) groups is 1. The van der Waals surface area contributed by atoms with Gasteiger partial charge in [-0.3, -0.25) is 0 Å². The number of rotatable bonds is 5. The molecule has 1 heterocycles. The first-order chi connectivity index (χ1) is 8.81. The van der Waals surface area contributed by atoms with Crippen molar-refractivity contribution in [1.29, 1.82) is 0 Å². The topological polar surface area (TPSA) is 80.1 Å². The largest absolute Gasteiger partial charge is 0.444 e. The Labute approximate surface area is 121 Å². The van der Waals surface area contributed by atoms with Crippen LogP contribution in [0.15, 0.2) is 4.42 Å². The fourth-order valence-electron chi connectivity index (χ4n) is 1.33. The predicted molar refractivity (Wildman–Crippen MR) is 76.8 cm³/mol. The molecule has 0 saturated heterocycles. The van der Waals surface area contributed by atoms with Crippen molar-refractivity contribution in [1.82, 2.24) is 15.5 Å². The maximum atomic E-state index is 11.8. The van der Waals surface area contributed by atoms with E-state index >= 15 is 0 Å². The van der Waals surface area contributed by atoms with Crippen molar-refractivity contribution >= 4 is 30.1 Å². The van der Waals surface area contributed by atoms with E-state index in [-0.39, 0.29) is 10.9 Å². The van der Waals surface area contributed by atoms with Crippen LogP contribution >= 0.6 is 24.0 Å². The van der Waals surface area contributed by atoms with E-state index in [1.807, 2.05) is 27.0 Å². The van der Waals surface area contributed by atoms with Crippen molar-refractivity contribution in [3.05, 3.63) is 10.7 Å². The number of carbonyl (C=O) groups is 1. The van der Waals surface area contributed by atoms with E-state index < -0.39 is 11.7 Å². The molecule has 0 fully saturated rings. The van der Waals surface area contributed by atoms with Crippen molar-refractivity contribution in [2.45, 2.75) is 38.8 Å². The second kappa shape index (κ2) is 6.95. The van der Waals surface area contributed by atoms with Crippen LogP contribution < -0.4 is 5.32 Å². The SMILES string of the molecule is CSCC[C@@H](NC(=O)OC(C)(C)C)c1n[nH]c(=S)o1. The first-order valence-electron chi connectivity index (χ1n) is 5.85. The molecule has 0 saturated carbocycles. The van der Waals surface area contributed by atoms with Crippen LogP contribution in [0.1, 0.15) is 39.1 Å². The van der Waals surface area contributed by atoms with Gasteiger partial charge in [0.25, 0.3) is 4.84 Å². The molecule has 0 aliphatic heterocycles. The first-order valence-corrected chi connectivity index (χ1v) is 7.66. The zero-order valence-electron chi connectivity index (χ0n) is 11.5. The van der Waals surface area contributed by atoms with Crippen LogP contribution in [-0.2, 0) is 4.74 Å². The molecule has 6 nitrogen and oxygen atoms in total. The molecule has 108 valence electrons. The molecule has 19 heavy (non-hydrogen) atoms. The standard InChI is InChI=1S/C11H19N3O3S2/c1-11(2,3)17-9(15)12-7(5-6-19-4)8-13-14-10(18)16-8/h7H,5-6H2,1-4H3,(H,12,15)(H,14,18)/t7-/m1/s1. The number of aromatic amines is 1. The van der Waals surface area contributed by atoms with E-state index in [0.717, 1.165) is 5.75 Å². The summed E-state index contributed by atoms with van der Waals surface area (Å²) in [6.07, 6.45) is 2.18. The minimum atomic E-state index is -0.542. The van der Waals surface area contributed by atoms with Gasteiger partial charge >= 0.3 is 6.09 Å². The van der Waals surface area contributed by atoms with E-state index in [4.69, 9.17) is 21.4 Å². The summed E-state index contributed by atoms with van der Waals surface area (Å²) in [5, 5.41) is 9.23. The quantitative estimate of drug-likeness (QED) is 0.814. The molecule has 0 aromatic carbocycles. The molecule has 8 heteroatoms. The van der Waals surface area contributed by atoms with E-state index in [1.165, 1.54) is 0 Å². The van der Waals surface area contributed by atoms with Gasteiger partial charge in [-0.05, 0) is 51.4 Å². The second-order valence-corrected chi connectivity index (χ2v) is 6.29. The van der Waals surface area contributed by atoms with Crippen LogP contribution in [0.4, 0.5) is 4.79 Å². The Morgan fingerprint density at radius 3 is 2.79 bits per heavy atom. The fraction of sp³-hybridized carbons (Fsp3) is 0.727. The third kappa shape index (κ3) is 6.11. The Bertz CT molecular complexity index is 464. The zero-order chi connectivity index (χ0) is 14.5. The number of ether oxygens (including phenoxy) is 1. The summed E-state index contributed by atoms with van der Waals surface area (Å²) in [5.74, 6) is 1.22. The molecule has 1 rings (SSSR count). The molecule has 0 aliphatic carbocycles. The molecular weight excluding hydrogens is 286 g/mol. The van der Waals surface area contributed by atoms with Gasteiger partial charge < -0.3 is 14.5 Å². The molecule has 0 aliphatic rings. The van der Waals surface area contributed by atoms with E-state index in [0.29, 0.717) is 12.3 Å². The number of hydrogen-bond donors (Lipinski definition) is 2. The molecule has 1 aromatic rings. The Morgan fingerprint density at radius 2 is 2.32 bits per heavy atom. The van der Waals surface area contributed by atoms with Crippen LogP contribution in [-0.4, -0.2) is 33.9 Å². The monoisotopic (exact) mass is 305 g/mol. The molecule has 1 atom stereocenters. The average Bonchev–Trinajstić information content (AvgIpc) is 2.68. The lowest BCUT2D eigenvalue weighted by Gasteiger charge is -2.22. The van der Waals surface area contributed by atoms with Crippen LogP contribution in [0.25, 0.3) is 0 Å². The van der Waals surface area contributed by atoms with Gasteiger partial charge in [0.2, 0.25) is 5.89 Å². The maximum absolute atomic E-state index is 11.8. The number of hydrogen-bond acceptors (Lipinski definition) is 6. The third-order valence-electron chi connectivity index (χ3n) is 2.05. The van der Waals surface area contributed by atoms with Crippen LogP contribution in [0.5, 0.6) is 0 Å². The molecule has 2 N–H and O–H groups in total. The Kier molecular flexibility index (Phi) is 5.86. The number of aromatic nitrogens is 2. The lowest BCUT2D eigenvalue weighted by Crippen LogP contribution is -2.35. The molecular formula is C11H19N3O3S2. The van der Waals surface area contributed by atoms with E-state index in [2.05, 4.69) is 15.5 Å². The number of H-pyrrole nitrogens is 1. The van der Waals surface area contributed by atoms with Crippen molar-refractivity contribution in [2.75, 3.05) is 12.0 Å². The second-order valence-electron chi connectivity index (χ2n) is 4.93. The zero-order valence-corrected chi connectivity index (χ0v) is 13.1. The number of amides is 1. The predicted octanol–water partition coefficient (Wildman–Crippen LogP) is 3.05. The Hall–Kier alpha value is -1.02. The molecule has 0 radical (unpaired) electrons. The van der Waals surface area contributed by atoms with Crippen molar-refractivity contribution < 1.29 is 13.9 Å². The molecule has 0 bridgehead atoms. The van der Waals surface area contributed by atoms with Gasteiger partial charge in [0, 0.05) is 0 Å². The van der Waals surface area contributed by atoms with Crippen molar-refractivity contribution in [2.24, 2.45) is 0 Å². The summed E-state index contributed by atoms with van der Waals surface area (Å²) >= 11 is 6.51. The van der Waals surface area contributed by atoms with E-state index in [9.17, 15) is 4.79 Å². The van der Waals surface area contributed by atoms with Gasteiger partial charge in [-0.2, -0.15) is 11.8 Å². The summed E-state index contributed by atoms with van der Waals surface area (Å²) < 4.78 is 10.5. The highest BCUT2D eigenvalue weighted by Crippen LogP contribution is 2.18. The highest BCUT2D eigenvalue weighted by molar-refractivity contribution is 7.98. The summed E-state index contributed by atoms with van der Waals surface area (Å²) in [7, 11) is 0. The Balaban J connectivity index is 2.70. The first kappa shape index (κ1) is 16.0. The molecule has 0 unspecified atom stereocenters. The fourth-order valence-corrected chi connectivity index (χ4v) is 1.94. The number of nitrogens with zero attached hydrogens (tertiary/aromatic N) is 1. The van der Waals surface area contributed by atoms with Gasteiger partial charge in [0.1, 0.15) is 11.6 Å². The highest BCUT2D eigenvalue weighted by atomic mass is 32.2. The van der Waals surface area contributed by atoms with Crippen LogP contribution in [0, 0.1) is 4.84 Å². The lowest BCUT2D eigenvalue weighted by molar-refractivity contribution is 0.0494. The van der Waals surface area contributed by atoms with Gasteiger partial charge in [-0.15, -0.1) is 5.10 Å². The van der Waals surface area contributed by atoms with Crippen molar-refractivity contribution in [3.8, 4) is 0 Å². The average molecular weight is 305 g/mol. The van der Waals surface area contributed by atoms with Gasteiger partial charge in [-0.25, -0.2) is 9.89 Å². The van der Waals surface area contributed by atoms with Gasteiger partial charge in [0.05, 0.1) is 0 Å². The molecule has 1 aromatic heterocycles. The molecule has 0 spiro atoms. The smallest absolute Gasteiger partial charge is 0.408 e. The normalized spacial score (nSPS) is 13.1. The van der Waals surface area contributed by atoms with Crippen LogP contribution in [0.3, 0.4) is 0 Å². The van der Waals surface area contributed by atoms with Crippen LogP contribution in [0.2, 0.25) is 0 Å². The number of alkyl carbamates (subject to hydrolysis) is 1. The van der Waals surface area contributed by atoms with Crippen molar-refractivity contribution in [3.63, 3.8) is 0 Å². The third-order valence-corrected chi connectivity index (χ3v) is 2.87. The molecule has 1 amide bonds. The minimum absolute atomic E-state index is 0.190. The lowest BCUT2D eigenvalue weighted by atomic mass is 10.2. The van der Waals surface area contributed by atoms with Gasteiger partial charge in [-0.1, -0.05) is 0 Å². The number of nitrogens with one attached hydrogen (secondary N) is 2. The number of carbonyl (C=O) groups excluding carboxylic acids is 1. The summed E-state index contributed by atoms with van der Waals surface area (Å²) in [6.45, 7) is 5.43. The van der Waals surface area contributed by atoms with E-state index in [1.54, 1.807) is 11.8 Å². The maximum Gasteiger partial charge on any atom is 0.408 e.